The third kappa shape index (κ3) is 4.63. The predicted octanol–water partition coefficient (Wildman–Crippen LogP) is 3.82. The number of para-hydroxylation sites is 1. The zero-order valence-corrected chi connectivity index (χ0v) is 13.0. The smallest absolute Gasteiger partial charge is 0.163 e. The summed E-state index contributed by atoms with van der Waals surface area (Å²) < 4.78 is 0. The Kier molecular flexibility index (Phi) is 5.81. The van der Waals surface area contributed by atoms with Gasteiger partial charge in [0.15, 0.2) is 5.78 Å². The third-order valence-corrected chi connectivity index (χ3v) is 3.17. The van der Waals surface area contributed by atoms with E-state index in [2.05, 4.69) is 23.7 Å². The Hall–Kier alpha value is -3.23. The number of hydrogen-bond donors (Lipinski definition) is 1. The Bertz CT molecular complexity index is 854. The topological polar surface area (TPSA) is 43.1 Å². The van der Waals surface area contributed by atoms with Crippen molar-refractivity contribution in [3.63, 3.8) is 0 Å². The van der Waals surface area contributed by atoms with Crippen LogP contribution in [-0.2, 0) is 0 Å². The van der Waals surface area contributed by atoms with Crippen LogP contribution in [0.3, 0.4) is 0 Å². The molecule has 0 aliphatic carbocycles. The van der Waals surface area contributed by atoms with Gasteiger partial charge in [-0.15, -0.1) is 0 Å². The average Bonchev–Trinajstić information content (AvgIpc) is 2.59. The molecule has 0 fully saturated rings. The summed E-state index contributed by atoms with van der Waals surface area (Å²) >= 11 is 0. The largest absolute Gasteiger partial charge is 0.398 e. The van der Waals surface area contributed by atoms with E-state index in [1.165, 1.54) is 0 Å². The van der Waals surface area contributed by atoms with Crippen LogP contribution < -0.4 is 5.73 Å². The van der Waals surface area contributed by atoms with Gasteiger partial charge < -0.3 is 5.73 Å². The Morgan fingerprint density at radius 1 is 0.957 bits per heavy atom. The van der Waals surface area contributed by atoms with E-state index < -0.39 is 0 Å². The van der Waals surface area contributed by atoms with Crippen molar-refractivity contribution in [2.75, 3.05) is 5.73 Å². The summed E-state index contributed by atoms with van der Waals surface area (Å²) in [7, 11) is 0. The van der Waals surface area contributed by atoms with E-state index in [9.17, 15) is 4.79 Å². The van der Waals surface area contributed by atoms with Gasteiger partial charge >= 0.3 is 0 Å². The molecule has 0 heterocycles. The fourth-order valence-electron chi connectivity index (χ4n) is 1.96. The van der Waals surface area contributed by atoms with Gasteiger partial charge in [0.2, 0.25) is 0 Å². The number of carbonyl (C=O) groups is 1. The number of Topliss-reactive ketones (excluding diaryl/α,β-unsaturated/α-hetero) is 1. The van der Waals surface area contributed by atoms with Gasteiger partial charge in [0, 0.05) is 28.8 Å². The molecule has 0 amide bonds. The van der Waals surface area contributed by atoms with E-state index in [-0.39, 0.29) is 5.78 Å². The highest BCUT2D eigenvalue weighted by Crippen LogP contribution is 2.10. The molecule has 0 unspecified atom stereocenters. The van der Waals surface area contributed by atoms with Crippen molar-refractivity contribution < 1.29 is 4.79 Å². The molecule has 0 radical (unpaired) electrons. The Labute approximate surface area is 137 Å². The van der Waals surface area contributed by atoms with Gasteiger partial charge in [-0.25, -0.2) is 0 Å². The zero-order valence-electron chi connectivity index (χ0n) is 13.0. The van der Waals surface area contributed by atoms with E-state index in [0.717, 1.165) is 11.1 Å². The molecular weight excluding hydrogens is 282 g/mol. The van der Waals surface area contributed by atoms with Gasteiger partial charge in [-0.05, 0) is 30.4 Å². The molecule has 0 aliphatic heterocycles. The van der Waals surface area contributed by atoms with Gasteiger partial charge in [-0.1, -0.05) is 60.9 Å². The summed E-state index contributed by atoms with van der Waals surface area (Å²) in [4.78, 5) is 11.8. The Balaban J connectivity index is 2.10. The second-order valence-corrected chi connectivity index (χ2v) is 4.78. The second kappa shape index (κ2) is 8.27. The lowest BCUT2D eigenvalue weighted by atomic mass is 10.0. The first-order chi connectivity index (χ1) is 11.2. The van der Waals surface area contributed by atoms with Crippen LogP contribution >= 0.6 is 0 Å². The van der Waals surface area contributed by atoms with Crippen molar-refractivity contribution in [2.45, 2.75) is 13.3 Å². The Morgan fingerprint density at radius 2 is 1.52 bits per heavy atom. The molecular formula is C21H17NO. The first-order valence-corrected chi connectivity index (χ1v) is 7.37. The molecule has 2 aromatic carbocycles. The normalized spacial score (nSPS) is 9.61. The van der Waals surface area contributed by atoms with Crippen LogP contribution in [0.15, 0.2) is 60.7 Å². The summed E-state index contributed by atoms with van der Waals surface area (Å²) in [5.74, 6) is 11.9. The van der Waals surface area contributed by atoms with Crippen LogP contribution in [0.25, 0.3) is 0 Å². The molecule has 2 aromatic rings. The maximum Gasteiger partial charge on any atom is 0.163 e. The maximum absolute atomic E-state index is 11.8. The van der Waals surface area contributed by atoms with Gasteiger partial charge in [0.25, 0.3) is 0 Å². The molecule has 0 saturated carbocycles. The molecule has 0 aliphatic rings. The van der Waals surface area contributed by atoms with Crippen LogP contribution in [-0.4, -0.2) is 5.78 Å². The van der Waals surface area contributed by atoms with Gasteiger partial charge in [-0.3, -0.25) is 4.79 Å². The van der Waals surface area contributed by atoms with Gasteiger partial charge in [0.05, 0.1) is 0 Å². The number of hydrogen-bond acceptors (Lipinski definition) is 2. The number of anilines is 1. The summed E-state index contributed by atoms with van der Waals surface area (Å²) in [5, 5.41) is 0. The summed E-state index contributed by atoms with van der Waals surface area (Å²) in [6.07, 6.45) is 3.81. The Morgan fingerprint density at radius 3 is 2.17 bits per heavy atom. The highest BCUT2D eigenvalue weighted by atomic mass is 16.1. The number of nitrogen functional groups attached to an aromatic ring is 1. The second-order valence-electron chi connectivity index (χ2n) is 4.78. The zero-order chi connectivity index (χ0) is 16.5. The lowest BCUT2D eigenvalue weighted by molar-refractivity contribution is 0.0988. The van der Waals surface area contributed by atoms with Crippen LogP contribution in [0.4, 0.5) is 5.69 Å². The molecule has 0 spiro atoms. The molecule has 2 nitrogen and oxygen atoms in total. The van der Waals surface area contributed by atoms with Crippen LogP contribution in [0, 0.1) is 23.7 Å². The molecule has 2 N–H and O–H groups in total. The number of nitrogens with two attached hydrogens (primary N) is 1. The maximum atomic E-state index is 11.8. The van der Waals surface area contributed by atoms with Gasteiger partial charge in [0.1, 0.15) is 0 Å². The average molecular weight is 299 g/mol. The summed E-state index contributed by atoms with van der Waals surface area (Å²) in [6, 6.07) is 14.8. The fourth-order valence-corrected chi connectivity index (χ4v) is 1.96. The van der Waals surface area contributed by atoms with Crippen molar-refractivity contribution in [1.82, 2.24) is 0 Å². The quantitative estimate of drug-likeness (QED) is 0.520. The molecule has 2 rings (SSSR count). The van der Waals surface area contributed by atoms with Crippen molar-refractivity contribution in [3.8, 4) is 23.7 Å². The molecule has 112 valence electrons. The van der Waals surface area contributed by atoms with Crippen molar-refractivity contribution >= 4 is 11.5 Å². The number of allylic oxidation sites excluding steroid dienone is 2. The van der Waals surface area contributed by atoms with Crippen molar-refractivity contribution in [1.29, 1.82) is 0 Å². The first kappa shape index (κ1) is 16.1. The standard InChI is InChI=1S/C21H17NO/c1-2-21(23)19-15-9-7-12-17(19)11-5-3-4-6-13-18-14-8-10-16-20(18)22/h3-4,7-10,12,14-16H,2,22H2,1H3/b4-3-. The number of benzene rings is 2. The van der Waals surface area contributed by atoms with Crippen molar-refractivity contribution in [3.05, 3.63) is 77.4 Å². The highest BCUT2D eigenvalue weighted by Gasteiger charge is 2.06. The number of rotatable bonds is 2. The van der Waals surface area contributed by atoms with Crippen LogP contribution in [0.5, 0.6) is 0 Å². The minimum atomic E-state index is 0.0956. The monoisotopic (exact) mass is 299 g/mol. The van der Waals surface area contributed by atoms with E-state index >= 15 is 0 Å². The van der Waals surface area contributed by atoms with Crippen LogP contribution in [0.2, 0.25) is 0 Å². The molecule has 0 bridgehead atoms. The molecule has 0 atom stereocenters. The molecule has 0 aromatic heterocycles. The summed E-state index contributed by atoms with van der Waals surface area (Å²) in [5.41, 5.74) is 8.67. The van der Waals surface area contributed by atoms with E-state index in [1.54, 1.807) is 18.2 Å². The lowest BCUT2D eigenvalue weighted by Gasteiger charge is -2.00. The first-order valence-electron chi connectivity index (χ1n) is 7.37. The van der Waals surface area contributed by atoms with E-state index in [1.807, 2.05) is 49.4 Å². The fraction of sp³-hybridized carbons (Fsp3) is 0.0952. The van der Waals surface area contributed by atoms with Crippen LogP contribution in [0.1, 0.15) is 34.8 Å². The SMILES string of the molecule is CCC(=O)c1ccccc1C#C/C=C\C#Cc1ccccc1N. The number of carbonyl (C=O) groups excluding carboxylic acids is 1. The lowest BCUT2D eigenvalue weighted by Crippen LogP contribution is -1.99. The van der Waals surface area contributed by atoms with Gasteiger partial charge in [-0.2, -0.15) is 0 Å². The number of ketones is 1. The van der Waals surface area contributed by atoms with E-state index in [0.29, 0.717) is 17.7 Å². The molecule has 2 heteroatoms. The predicted molar refractivity (Wildman–Crippen MR) is 94.8 cm³/mol. The molecule has 23 heavy (non-hydrogen) atoms. The minimum absolute atomic E-state index is 0.0956. The minimum Gasteiger partial charge on any atom is -0.398 e. The molecule has 0 saturated heterocycles. The highest BCUT2D eigenvalue weighted by molar-refractivity contribution is 5.98. The summed E-state index contributed by atoms with van der Waals surface area (Å²) in [6.45, 7) is 1.84. The van der Waals surface area contributed by atoms with Crippen molar-refractivity contribution in [2.24, 2.45) is 0 Å². The van der Waals surface area contributed by atoms with E-state index in [4.69, 9.17) is 5.73 Å². The third-order valence-electron chi connectivity index (χ3n) is 3.17.